The molecular formula is C13H30N2O4. The summed E-state index contributed by atoms with van der Waals surface area (Å²) in [5.74, 6) is 0. The van der Waals surface area contributed by atoms with E-state index in [0.29, 0.717) is 46.1 Å². The average molecular weight is 278 g/mol. The Kier molecular flexibility index (Phi) is 14.0. The molecule has 0 saturated carbocycles. The van der Waals surface area contributed by atoms with Gasteiger partial charge in [-0.3, -0.25) is 0 Å². The molecular weight excluding hydrogens is 248 g/mol. The van der Waals surface area contributed by atoms with Crippen LogP contribution in [0.3, 0.4) is 0 Å². The molecule has 116 valence electrons. The fourth-order valence-electron chi connectivity index (χ4n) is 1.39. The fraction of sp³-hybridized carbons (Fsp3) is 1.00. The van der Waals surface area contributed by atoms with Crippen LogP contribution in [0.15, 0.2) is 0 Å². The van der Waals surface area contributed by atoms with Gasteiger partial charge < -0.3 is 30.7 Å². The molecule has 0 aliphatic carbocycles. The Labute approximate surface area is 116 Å². The topological polar surface area (TPSA) is 97.0 Å². The lowest BCUT2D eigenvalue weighted by atomic mass is 10.3. The first-order valence-electron chi connectivity index (χ1n) is 7.13. The van der Waals surface area contributed by atoms with E-state index < -0.39 is 6.10 Å². The first-order chi connectivity index (χ1) is 9.20. The highest BCUT2D eigenvalue weighted by Crippen LogP contribution is 1.96. The van der Waals surface area contributed by atoms with Crippen molar-refractivity contribution in [1.29, 1.82) is 0 Å². The highest BCUT2D eigenvalue weighted by molar-refractivity contribution is 4.58. The zero-order valence-corrected chi connectivity index (χ0v) is 12.0. The van der Waals surface area contributed by atoms with E-state index in [9.17, 15) is 10.2 Å². The average Bonchev–Trinajstić information content (AvgIpc) is 2.41. The maximum atomic E-state index is 9.52. The van der Waals surface area contributed by atoms with Crippen LogP contribution in [0.25, 0.3) is 0 Å². The van der Waals surface area contributed by atoms with Gasteiger partial charge in [0.15, 0.2) is 0 Å². The molecule has 0 aromatic rings. The highest BCUT2D eigenvalue weighted by Gasteiger charge is 2.03. The Hall–Kier alpha value is -0.240. The third-order valence-electron chi connectivity index (χ3n) is 2.62. The van der Waals surface area contributed by atoms with Crippen molar-refractivity contribution < 1.29 is 19.7 Å². The second-order valence-electron chi connectivity index (χ2n) is 4.57. The van der Waals surface area contributed by atoms with Crippen LogP contribution in [0.5, 0.6) is 0 Å². The molecule has 0 saturated heterocycles. The van der Waals surface area contributed by atoms with E-state index in [1.54, 1.807) is 0 Å². The number of rotatable bonds is 14. The number of nitrogens with one attached hydrogen (secondary N) is 1. The number of nitrogens with two attached hydrogens (primary N) is 1. The van der Waals surface area contributed by atoms with Gasteiger partial charge in [0.1, 0.15) is 0 Å². The monoisotopic (exact) mass is 278 g/mol. The van der Waals surface area contributed by atoms with Gasteiger partial charge in [-0.15, -0.1) is 0 Å². The summed E-state index contributed by atoms with van der Waals surface area (Å²) in [6.07, 6.45) is 1.68. The molecule has 6 heteroatoms. The molecule has 0 bridgehead atoms. The number of aliphatic hydroxyl groups is 2. The van der Waals surface area contributed by atoms with E-state index in [1.807, 2.05) is 6.92 Å². The van der Waals surface area contributed by atoms with E-state index in [4.69, 9.17) is 15.2 Å². The van der Waals surface area contributed by atoms with Crippen LogP contribution in [0.4, 0.5) is 0 Å². The number of hydrogen-bond donors (Lipinski definition) is 4. The van der Waals surface area contributed by atoms with Crippen molar-refractivity contribution in [3.63, 3.8) is 0 Å². The zero-order chi connectivity index (χ0) is 14.3. The van der Waals surface area contributed by atoms with Crippen LogP contribution in [0.2, 0.25) is 0 Å². The standard InChI is InChI=1S/C13H30N2O4/c1-2-12(16)10-18-7-3-4-8-19-11-13(17)9-15-6-5-14/h12-13,15-17H,2-11,14H2,1H3. The molecule has 2 atom stereocenters. The minimum Gasteiger partial charge on any atom is -0.391 e. The van der Waals surface area contributed by atoms with Gasteiger partial charge in [0.25, 0.3) is 0 Å². The van der Waals surface area contributed by atoms with Crippen molar-refractivity contribution in [3.05, 3.63) is 0 Å². The molecule has 0 aromatic heterocycles. The largest absolute Gasteiger partial charge is 0.391 e. The summed E-state index contributed by atoms with van der Waals surface area (Å²) < 4.78 is 10.7. The van der Waals surface area contributed by atoms with Crippen molar-refractivity contribution in [3.8, 4) is 0 Å². The lowest BCUT2D eigenvalue weighted by Crippen LogP contribution is -2.33. The molecule has 5 N–H and O–H groups in total. The first kappa shape index (κ1) is 18.8. The van der Waals surface area contributed by atoms with E-state index in [0.717, 1.165) is 19.3 Å². The summed E-state index contributed by atoms with van der Waals surface area (Å²) in [5, 5.41) is 21.8. The lowest BCUT2D eigenvalue weighted by molar-refractivity contribution is 0.0207. The Morgan fingerprint density at radius 1 is 1.05 bits per heavy atom. The van der Waals surface area contributed by atoms with Crippen LogP contribution in [-0.2, 0) is 9.47 Å². The normalized spacial score (nSPS) is 14.5. The minimum absolute atomic E-state index is 0.340. The van der Waals surface area contributed by atoms with Crippen LogP contribution < -0.4 is 11.1 Å². The summed E-state index contributed by atoms with van der Waals surface area (Å²) in [7, 11) is 0. The predicted octanol–water partition coefficient (Wildman–Crippen LogP) is -0.520. The number of hydrogen-bond acceptors (Lipinski definition) is 6. The van der Waals surface area contributed by atoms with E-state index in [-0.39, 0.29) is 6.10 Å². The number of unbranched alkanes of at least 4 members (excludes halogenated alkanes) is 1. The van der Waals surface area contributed by atoms with E-state index in [2.05, 4.69) is 5.32 Å². The second kappa shape index (κ2) is 14.2. The van der Waals surface area contributed by atoms with Crippen LogP contribution >= 0.6 is 0 Å². The molecule has 2 unspecified atom stereocenters. The van der Waals surface area contributed by atoms with Crippen molar-refractivity contribution in [2.75, 3.05) is 46.1 Å². The smallest absolute Gasteiger partial charge is 0.0897 e. The van der Waals surface area contributed by atoms with Gasteiger partial charge in [-0.1, -0.05) is 6.92 Å². The zero-order valence-electron chi connectivity index (χ0n) is 12.0. The number of aliphatic hydroxyl groups excluding tert-OH is 2. The van der Waals surface area contributed by atoms with Gasteiger partial charge in [0.2, 0.25) is 0 Å². The van der Waals surface area contributed by atoms with Crippen molar-refractivity contribution in [1.82, 2.24) is 5.32 Å². The summed E-state index contributed by atoms with van der Waals surface area (Å²) in [6.45, 7) is 5.72. The van der Waals surface area contributed by atoms with Gasteiger partial charge in [-0.05, 0) is 19.3 Å². The van der Waals surface area contributed by atoms with E-state index >= 15 is 0 Å². The highest BCUT2D eigenvalue weighted by atomic mass is 16.5. The maximum absolute atomic E-state index is 9.52. The Morgan fingerprint density at radius 2 is 1.63 bits per heavy atom. The van der Waals surface area contributed by atoms with Gasteiger partial charge in [0.05, 0.1) is 25.4 Å². The fourth-order valence-corrected chi connectivity index (χ4v) is 1.39. The van der Waals surface area contributed by atoms with Gasteiger partial charge in [-0.25, -0.2) is 0 Å². The Bertz CT molecular complexity index is 184. The third kappa shape index (κ3) is 14.0. The molecule has 0 heterocycles. The number of ether oxygens (including phenoxy) is 2. The molecule has 0 amide bonds. The molecule has 0 fully saturated rings. The summed E-state index contributed by atoms with van der Waals surface area (Å²) in [5.41, 5.74) is 5.32. The van der Waals surface area contributed by atoms with Gasteiger partial charge in [0, 0.05) is 32.8 Å². The van der Waals surface area contributed by atoms with Crippen LogP contribution in [-0.4, -0.2) is 68.5 Å². The van der Waals surface area contributed by atoms with Gasteiger partial charge >= 0.3 is 0 Å². The maximum Gasteiger partial charge on any atom is 0.0897 e. The predicted molar refractivity (Wildman–Crippen MR) is 75.1 cm³/mol. The van der Waals surface area contributed by atoms with Crippen LogP contribution in [0.1, 0.15) is 26.2 Å². The minimum atomic E-state index is -0.484. The molecule has 6 nitrogen and oxygen atoms in total. The molecule has 0 radical (unpaired) electrons. The summed E-state index contributed by atoms with van der Waals surface area (Å²) in [4.78, 5) is 0. The van der Waals surface area contributed by atoms with E-state index in [1.165, 1.54) is 0 Å². The summed E-state index contributed by atoms with van der Waals surface area (Å²) >= 11 is 0. The molecule has 0 aliphatic heterocycles. The van der Waals surface area contributed by atoms with Crippen molar-refractivity contribution in [2.45, 2.75) is 38.4 Å². The molecule has 0 aromatic carbocycles. The Balaban J connectivity index is 3.13. The van der Waals surface area contributed by atoms with Gasteiger partial charge in [-0.2, -0.15) is 0 Å². The SMILES string of the molecule is CCC(O)COCCCCOCC(O)CNCCN. The van der Waals surface area contributed by atoms with Crippen LogP contribution in [0, 0.1) is 0 Å². The molecule has 19 heavy (non-hydrogen) atoms. The van der Waals surface area contributed by atoms with Crippen molar-refractivity contribution >= 4 is 0 Å². The Morgan fingerprint density at radius 3 is 2.16 bits per heavy atom. The summed E-state index contributed by atoms with van der Waals surface area (Å²) in [6, 6.07) is 0. The third-order valence-corrected chi connectivity index (χ3v) is 2.62. The second-order valence-corrected chi connectivity index (χ2v) is 4.57. The first-order valence-corrected chi connectivity index (χ1v) is 7.13. The molecule has 0 aliphatic rings. The van der Waals surface area contributed by atoms with Crippen molar-refractivity contribution in [2.24, 2.45) is 5.73 Å². The molecule has 0 spiro atoms. The lowest BCUT2D eigenvalue weighted by Gasteiger charge is -2.12. The molecule has 0 rings (SSSR count). The quantitative estimate of drug-likeness (QED) is 0.319.